The van der Waals surface area contributed by atoms with Gasteiger partial charge in [-0.3, -0.25) is 4.90 Å². The zero-order valence-corrected chi connectivity index (χ0v) is 16.5. The zero-order chi connectivity index (χ0) is 20.2. The fourth-order valence-electron chi connectivity index (χ4n) is 3.58. The summed E-state index contributed by atoms with van der Waals surface area (Å²) in [6.07, 6.45) is 3.70. The topological polar surface area (TPSA) is 105 Å². The van der Waals surface area contributed by atoms with E-state index in [1.54, 1.807) is 18.3 Å². The van der Waals surface area contributed by atoms with Gasteiger partial charge in [0.2, 0.25) is 0 Å². The number of nitrogens with one attached hydrogen (secondary N) is 1. The van der Waals surface area contributed by atoms with Gasteiger partial charge >= 0.3 is 7.12 Å². The number of hydrogen-bond acceptors (Lipinski definition) is 8. The van der Waals surface area contributed by atoms with Gasteiger partial charge < -0.3 is 15.4 Å². The van der Waals surface area contributed by atoms with Crippen molar-refractivity contribution < 1.29 is 10.0 Å². The molecule has 0 radical (unpaired) electrons. The molecule has 0 aliphatic carbocycles. The minimum Gasteiger partial charge on any atom is -0.423 e. The van der Waals surface area contributed by atoms with Crippen LogP contribution >= 0.6 is 11.3 Å². The second-order valence-corrected chi connectivity index (χ2v) is 7.99. The first kappa shape index (κ1) is 19.5. The number of likely N-dealkylation sites (tertiary alicyclic amines) is 1. The molecule has 1 fully saturated rings. The van der Waals surface area contributed by atoms with Crippen molar-refractivity contribution in [3.05, 3.63) is 64.8 Å². The van der Waals surface area contributed by atoms with Crippen LogP contribution < -0.4 is 10.8 Å². The lowest BCUT2D eigenvalue weighted by Crippen LogP contribution is -2.30. The van der Waals surface area contributed by atoms with E-state index in [1.807, 2.05) is 30.3 Å². The van der Waals surface area contributed by atoms with Crippen molar-refractivity contribution in [3.8, 4) is 6.07 Å². The number of aromatic nitrogens is 2. The first-order chi connectivity index (χ1) is 14.1. The Bertz CT molecular complexity index is 1020. The molecule has 1 aliphatic heterocycles. The third kappa shape index (κ3) is 4.63. The molecule has 3 N–H and O–H groups in total. The highest BCUT2D eigenvalue weighted by molar-refractivity contribution is 7.16. The van der Waals surface area contributed by atoms with Crippen LogP contribution in [0.3, 0.4) is 0 Å². The molecule has 2 aromatic heterocycles. The number of pyridine rings is 1. The van der Waals surface area contributed by atoms with Crippen molar-refractivity contribution in [2.45, 2.75) is 25.4 Å². The van der Waals surface area contributed by atoms with Gasteiger partial charge in [0.15, 0.2) is 5.13 Å². The molecule has 1 aromatic carbocycles. The van der Waals surface area contributed by atoms with Crippen molar-refractivity contribution in [1.29, 1.82) is 5.26 Å². The molecule has 146 valence electrons. The number of nitriles is 1. The Morgan fingerprint density at radius 1 is 1.24 bits per heavy atom. The van der Waals surface area contributed by atoms with Crippen LogP contribution in [0.5, 0.6) is 0 Å². The minimum absolute atomic E-state index is 0.228. The maximum absolute atomic E-state index is 9.25. The molecule has 1 saturated heterocycles. The fraction of sp³-hybridized carbons (Fsp3) is 0.250. The second kappa shape index (κ2) is 8.72. The van der Waals surface area contributed by atoms with Crippen molar-refractivity contribution in [1.82, 2.24) is 14.9 Å². The van der Waals surface area contributed by atoms with Crippen LogP contribution in [0.25, 0.3) is 0 Å². The molecule has 4 rings (SSSR count). The first-order valence-corrected chi connectivity index (χ1v) is 10.2. The summed E-state index contributed by atoms with van der Waals surface area (Å²) in [4.78, 5) is 11.9. The molecule has 0 amide bonds. The van der Waals surface area contributed by atoms with Crippen molar-refractivity contribution >= 4 is 34.9 Å². The molecule has 3 heterocycles. The standard InChI is InChI=1S/C20H20BN5O2S/c22-11-16-12-23-20(29-16)25-19-5-1-3-17(24-19)18-4-2-10-26(18)13-14-6-8-15(9-7-14)21(27)28/h1,3,5-9,12,18,27-28H,2,4,10,13H2,(H,23,24,25)/t18-/m0/s1. The van der Waals surface area contributed by atoms with Gasteiger partial charge in [-0.2, -0.15) is 5.26 Å². The van der Waals surface area contributed by atoms with E-state index in [-0.39, 0.29) is 6.04 Å². The Hall–Kier alpha value is -2.77. The molecular weight excluding hydrogens is 385 g/mol. The van der Waals surface area contributed by atoms with Gasteiger partial charge in [-0.15, -0.1) is 0 Å². The Morgan fingerprint density at radius 2 is 2.07 bits per heavy atom. The van der Waals surface area contributed by atoms with E-state index in [2.05, 4.69) is 21.3 Å². The number of nitrogens with zero attached hydrogens (tertiary/aromatic N) is 4. The number of anilines is 2. The Labute approximate surface area is 173 Å². The third-order valence-corrected chi connectivity index (χ3v) is 5.81. The molecule has 9 heteroatoms. The van der Waals surface area contributed by atoms with Crippen LogP contribution in [0, 0.1) is 11.3 Å². The monoisotopic (exact) mass is 405 g/mol. The van der Waals surface area contributed by atoms with Crippen molar-refractivity contribution in [2.24, 2.45) is 0 Å². The molecule has 0 saturated carbocycles. The summed E-state index contributed by atoms with van der Waals surface area (Å²) in [5, 5.41) is 31.3. The van der Waals surface area contributed by atoms with E-state index in [1.165, 1.54) is 11.3 Å². The van der Waals surface area contributed by atoms with E-state index >= 15 is 0 Å². The normalized spacial score (nSPS) is 16.5. The number of benzene rings is 1. The summed E-state index contributed by atoms with van der Waals surface area (Å²) in [5.74, 6) is 0.717. The number of rotatable bonds is 6. The second-order valence-electron chi connectivity index (χ2n) is 6.96. The van der Waals surface area contributed by atoms with E-state index in [4.69, 9.17) is 10.2 Å². The molecular formula is C20H20BN5O2S. The lowest BCUT2D eigenvalue weighted by molar-refractivity contribution is 0.244. The van der Waals surface area contributed by atoms with Gasteiger partial charge in [0.05, 0.1) is 17.9 Å². The smallest absolute Gasteiger partial charge is 0.423 e. The van der Waals surface area contributed by atoms with Gasteiger partial charge in [-0.25, -0.2) is 9.97 Å². The molecule has 1 atom stereocenters. The van der Waals surface area contributed by atoms with Crippen LogP contribution in [-0.2, 0) is 6.54 Å². The Kier molecular flexibility index (Phi) is 5.88. The van der Waals surface area contributed by atoms with Crippen LogP contribution in [0.4, 0.5) is 10.9 Å². The summed E-state index contributed by atoms with van der Waals surface area (Å²) in [7, 11) is -1.44. The van der Waals surface area contributed by atoms with E-state index in [0.29, 0.717) is 15.5 Å². The minimum atomic E-state index is -1.44. The van der Waals surface area contributed by atoms with Crippen LogP contribution in [0.15, 0.2) is 48.7 Å². The summed E-state index contributed by atoms with van der Waals surface area (Å²) < 4.78 is 0. The first-order valence-electron chi connectivity index (χ1n) is 9.41. The highest BCUT2D eigenvalue weighted by Gasteiger charge is 2.27. The molecule has 0 bridgehead atoms. The highest BCUT2D eigenvalue weighted by Crippen LogP contribution is 2.33. The summed E-state index contributed by atoms with van der Waals surface area (Å²) in [6, 6.07) is 15.6. The fourth-order valence-corrected chi connectivity index (χ4v) is 4.20. The van der Waals surface area contributed by atoms with Crippen LogP contribution in [-0.4, -0.2) is 38.6 Å². The predicted molar refractivity (Wildman–Crippen MR) is 113 cm³/mol. The number of thiazole rings is 1. The zero-order valence-electron chi connectivity index (χ0n) is 15.7. The molecule has 1 aliphatic rings. The molecule has 0 spiro atoms. The lowest BCUT2D eigenvalue weighted by Gasteiger charge is -2.24. The van der Waals surface area contributed by atoms with Gasteiger partial charge in [-0.1, -0.05) is 41.7 Å². The average Bonchev–Trinajstić information content (AvgIpc) is 3.38. The van der Waals surface area contributed by atoms with Crippen LogP contribution in [0.1, 0.15) is 35.0 Å². The molecule has 7 nitrogen and oxygen atoms in total. The summed E-state index contributed by atoms with van der Waals surface area (Å²) >= 11 is 1.30. The maximum Gasteiger partial charge on any atom is 0.488 e. The van der Waals surface area contributed by atoms with Crippen molar-refractivity contribution in [3.63, 3.8) is 0 Å². The Balaban J connectivity index is 1.47. The predicted octanol–water partition coefficient (Wildman–Crippen LogP) is 2.17. The third-order valence-electron chi connectivity index (χ3n) is 4.99. The molecule has 0 unspecified atom stereocenters. The highest BCUT2D eigenvalue weighted by atomic mass is 32.1. The lowest BCUT2D eigenvalue weighted by atomic mass is 9.80. The van der Waals surface area contributed by atoms with Gasteiger partial charge in [0.25, 0.3) is 0 Å². The summed E-state index contributed by atoms with van der Waals surface area (Å²) in [5.41, 5.74) is 2.63. The quantitative estimate of drug-likeness (QED) is 0.540. The number of hydrogen-bond donors (Lipinski definition) is 3. The van der Waals surface area contributed by atoms with Crippen molar-refractivity contribution in [2.75, 3.05) is 11.9 Å². The Morgan fingerprint density at radius 3 is 2.79 bits per heavy atom. The SMILES string of the molecule is N#Cc1cnc(Nc2cccc([C@@H]3CCCN3Cc3ccc(B(O)O)cc3)n2)s1. The largest absolute Gasteiger partial charge is 0.488 e. The maximum atomic E-state index is 9.25. The van der Waals surface area contributed by atoms with E-state index in [0.717, 1.165) is 43.0 Å². The van der Waals surface area contributed by atoms with Gasteiger partial charge in [-0.05, 0) is 42.5 Å². The molecule has 29 heavy (non-hydrogen) atoms. The molecule has 3 aromatic rings. The van der Waals surface area contributed by atoms with E-state index < -0.39 is 7.12 Å². The van der Waals surface area contributed by atoms with Gasteiger partial charge in [0.1, 0.15) is 16.8 Å². The summed E-state index contributed by atoms with van der Waals surface area (Å²) in [6.45, 7) is 1.77. The van der Waals surface area contributed by atoms with Gasteiger partial charge in [0, 0.05) is 6.54 Å². The van der Waals surface area contributed by atoms with Crippen LogP contribution in [0.2, 0.25) is 0 Å². The average molecular weight is 405 g/mol. The van der Waals surface area contributed by atoms with E-state index in [9.17, 15) is 10.0 Å².